The van der Waals surface area contributed by atoms with Crippen LogP contribution in [0.3, 0.4) is 0 Å². The van der Waals surface area contributed by atoms with Crippen LogP contribution in [0.15, 0.2) is 42.5 Å². The lowest BCUT2D eigenvalue weighted by Gasteiger charge is -2.09. The van der Waals surface area contributed by atoms with E-state index in [0.29, 0.717) is 27.6 Å². The van der Waals surface area contributed by atoms with Crippen LogP contribution in [0.5, 0.6) is 11.5 Å². The van der Waals surface area contributed by atoms with E-state index in [-0.39, 0.29) is 5.78 Å². The predicted octanol–water partition coefficient (Wildman–Crippen LogP) is 4.21. The molecular weight excluding hydrogens is 262 g/mol. The molecule has 2 aromatic carbocycles. The van der Waals surface area contributed by atoms with Crippen molar-refractivity contribution in [1.29, 1.82) is 5.26 Å². The average Bonchev–Trinajstić information content (AvgIpc) is 2.41. The van der Waals surface area contributed by atoms with Crippen LogP contribution in [0.2, 0.25) is 5.02 Å². The summed E-state index contributed by atoms with van der Waals surface area (Å²) < 4.78 is 5.60. The van der Waals surface area contributed by atoms with Gasteiger partial charge in [-0.25, -0.2) is 0 Å². The van der Waals surface area contributed by atoms with E-state index in [2.05, 4.69) is 0 Å². The van der Waals surface area contributed by atoms with E-state index in [1.54, 1.807) is 42.5 Å². The van der Waals surface area contributed by atoms with Gasteiger partial charge in [0.15, 0.2) is 5.78 Å². The van der Waals surface area contributed by atoms with Gasteiger partial charge in [-0.1, -0.05) is 23.7 Å². The first-order valence-corrected chi connectivity index (χ1v) is 5.97. The summed E-state index contributed by atoms with van der Waals surface area (Å²) in [5, 5.41) is 9.31. The van der Waals surface area contributed by atoms with Crippen LogP contribution >= 0.6 is 11.6 Å². The molecular formula is C15H10ClNO2. The Morgan fingerprint density at radius 3 is 2.58 bits per heavy atom. The van der Waals surface area contributed by atoms with Gasteiger partial charge in [0.05, 0.1) is 10.6 Å². The van der Waals surface area contributed by atoms with E-state index < -0.39 is 0 Å². The zero-order valence-electron chi connectivity index (χ0n) is 10.2. The first-order valence-electron chi connectivity index (χ1n) is 5.59. The van der Waals surface area contributed by atoms with E-state index >= 15 is 0 Å². The van der Waals surface area contributed by atoms with Crippen LogP contribution in [0.25, 0.3) is 0 Å². The van der Waals surface area contributed by atoms with Gasteiger partial charge in [0, 0.05) is 5.56 Å². The van der Waals surface area contributed by atoms with Crippen molar-refractivity contribution in [3.05, 3.63) is 58.6 Å². The Morgan fingerprint density at radius 1 is 1.21 bits per heavy atom. The van der Waals surface area contributed by atoms with Crippen molar-refractivity contribution in [2.24, 2.45) is 0 Å². The molecule has 0 aliphatic rings. The number of benzene rings is 2. The van der Waals surface area contributed by atoms with Gasteiger partial charge in [0.25, 0.3) is 0 Å². The number of Topliss-reactive ketones (excluding diaryl/α,β-unsaturated/α-hetero) is 1. The number of halogens is 1. The van der Waals surface area contributed by atoms with E-state index in [1.165, 1.54) is 6.92 Å². The Bertz CT molecular complexity index is 674. The molecule has 0 heterocycles. The van der Waals surface area contributed by atoms with Crippen LogP contribution in [0, 0.1) is 11.3 Å². The molecule has 0 N–H and O–H groups in total. The van der Waals surface area contributed by atoms with Gasteiger partial charge in [0.1, 0.15) is 17.6 Å². The molecule has 2 rings (SSSR count). The number of ketones is 1. The van der Waals surface area contributed by atoms with Crippen LogP contribution < -0.4 is 4.74 Å². The maximum atomic E-state index is 11.2. The standard InChI is InChI=1S/C15H10ClNO2/c1-10(18)11-6-7-15(13(16)8-11)19-14-5-3-2-4-12(14)9-17/h2-8H,1H3. The maximum Gasteiger partial charge on any atom is 0.159 e. The number of ether oxygens (including phenoxy) is 1. The summed E-state index contributed by atoms with van der Waals surface area (Å²) in [5.41, 5.74) is 0.945. The van der Waals surface area contributed by atoms with Gasteiger partial charge >= 0.3 is 0 Å². The topological polar surface area (TPSA) is 50.1 Å². The van der Waals surface area contributed by atoms with Crippen molar-refractivity contribution in [2.45, 2.75) is 6.92 Å². The molecule has 0 atom stereocenters. The highest BCUT2D eigenvalue weighted by atomic mass is 35.5. The molecule has 0 bridgehead atoms. The highest BCUT2D eigenvalue weighted by molar-refractivity contribution is 6.32. The van der Waals surface area contributed by atoms with Crippen molar-refractivity contribution in [3.63, 3.8) is 0 Å². The third kappa shape index (κ3) is 2.93. The SMILES string of the molecule is CC(=O)c1ccc(Oc2ccccc2C#N)c(Cl)c1. The number of nitriles is 1. The molecule has 0 aliphatic carbocycles. The monoisotopic (exact) mass is 271 g/mol. The number of carbonyl (C=O) groups is 1. The lowest BCUT2D eigenvalue weighted by Crippen LogP contribution is -1.93. The Balaban J connectivity index is 2.34. The number of para-hydroxylation sites is 1. The molecule has 0 amide bonds. The Labute approximate surface area is 116 Å². The summed E-state index contributed by atoms with van der Waals surface area (Å²) in [4.78, 5) is 11.2. The zero-order valence-corrected chi connectivity index (χ0v) is 10.9. The van der Waals surface area contributed by atoms with Crippen molar-refractivity contribution in [1.82, 2.24) is 0 Å². The number of hydrogen-bond donors (Lipinski definition) is 0. The fourth-order valence-electron chi connectivity index (χ4n) is 1.57. The van der Waals surface area contributed by atoms with E-state index in [1.807, 2.05) is 6.07 Å². The number of hydrogen-bond acceptors (Lipinski definition) is 3. The molecule has 94 valence electrons. The van der Waals surface area contributed by atoms with Gasteiger partial charge in [0.2, 0.25) is 0 Å². The summed E-state index contributed by atoms with van der Waals surface area (Å²) in [6, 6.07) is 13.7. The highest BCUT2D eigenvalue weighted by Crippen LogP contribution is 2.31. The quantitative estimate of drug-likeness (QED) is 0.786. The molecule has 4 heteroatoms. The van der Waals surface area contributed by atoms with Crippen LogP contribution in [0.4, 0.5) is 0 Å². The Morgan fingerprint density at radius 2 is 1.95 bits per heavy atom. The van der Waals surface area contributed by atoms with Crippen molar-refractivity contribution in [2.75, 3.05) is 0 Å². The third-order valence-corrected chi connectivity index (χ3v) is 2.86. The first kappa shape index (κ1) is 13.1. The molecule has 19 heavy (non-hydrogen) atoms. The number of rotatable bonds is 3. The average molecular weight is 272 g/mol. The summed E-state index contributed by atoms with van der Waals surface area (Å²) in [5.74, 6) is 0.780. The molecule has 0 aliphatic heterocycles. The largest absolute Gasteiger partial charge is 0.454 e. The van der Waals surface area contributed by atoms with Crippen molar-refractivity contribution >= 4 is 17.4 Å². The second-order valence-electron chi connectivity index (χ2n) is 3.91. The predicted molar refractivity (Wildman–Crippen MR) is 72.7 cm³/mol. The summed E-state index contributed by atoms with van der Waals surface area (Å²) in [6.45, 7) is 1.47. The summed E-state index contributed by atoms with van der Waals surface area (Å²) in [6.07, 6.45) is 0. The van der Waals surface area contributed by atoms with Gasteiger partial charge in [-0.05, 0) is 37.3 Å². The molecule has 0 aromatic heterocycles. The first-order chi connectivity index (χ1) is 9.11. The lowest BCUT2D eigenvalue weighted by molar-refractivity contribution is 0.101. The fourth-order valence-corrected chi connectivity index (χ4v) is 1.79. The maximum absolute atomic E-state index is 11.2. The molecule has 0 unspecified atom stereocenters. The Kier molecular flexibility index (Phi) is 3.84. The van der Waals surface area contributed by atoms with Crippen LogP contribution in [0.1, 0.15) is 22.8 Å². The smallest absolute Gasteiger partial charge is 0.159 e. The molecule has 3 nitrogen and oxygen atoms in total. The van der Waals surface area contributed by atoms with Gasteiger partial charge < -0.3 is 4.74 Å². The van der Waals surface area contributed by atoms with Gasteiger partial charge in [-0.3, -0.25) is 4.79 Å². The molecule has 2 aromatic rings. The number of carbonyl (C=O) groups excluding carboxylic acids is 1. The van der Waals surface area contributed by atoms with Gasteiger partial charge in [-0.2, -0.15) is 5.26 Å². The normalized spacial score (nSPS) is 9.74. The molecule has 0 spiro atoms. The van der Waals surface area contributed by atoms with Gasteiger partial charge in [-0.15, -0.1) is 0 Å². The lowest BCUT2D eigenvalue weighted by atomic mass is 10.1. The second-order valence-corrected chi connectivity index (χ2v) is 4.32. The third-order valence-electron chi connectivity index (χ3n) is 2.57. The molecule has 0 fully saturated rings. The van der Waals surface area contributed by atoms with E-state index in [9.17, 15) is 4.79 Å². The van der Waals surface area contributed by atoms with E-state index in [4.69, 9.17) is 21.6 Å². The van der Waals surface area contributed by atoms with Crippen molar-refractivity contribution < 1.29 is 9.53 Å². The van der Waals surface area contributed by atoms with E-state index in [0.717, 1.165) is 0 Å². The molecule has 0 saturated carbocycles. The summed E-state index contributed by atoms with van der Waals surface area (Å²) >= 11 is 6.06. The van der Waals surface area contributed by atoms with Crippen LogP contribution in [-0.4, -0.2) is 5.78 Å². The molecule has 0 radical (unpaired) electrons. The zero-order chi connectivity index (χ0) is 13.8. The second kappa shape index (κ2) is 5.55. The van der Waals surface area contributed by atoms with Crippen molar-refractivity contribution in [3.8, 4) is 17.6 Å². The Hall–Kier alpha value is -2.31. The minimum absolute atomic E-state index is 0.0640. The number of nitrogens with zero attached hydrogens (tertiary/aromatic N) is 1. The highest BCUT2D eigenvalue weighted by Gasteiger charge is 2.09. The fraction of sp³-hybridized carbons (Fsp3) is 0.0667. The minimum atomic E-state index is -0.0640. The van der Waals surface area contributed by atoms with Crippen LogP contribution in [-0.2, 0) is 0 Å². The minimum Gasteiger partial charge on any atom is -0.454 e. The summed E-state index contributed by atoms with van der Waals surface area (Å²) in [7, 11) is 0. The molecule has 0 saturated heterocycles.